The Labute approximate surface area is 218 Å². The van der Waals surface area contributed by atoms with E-state index in [0.29, 0.717) is 26.0 Å². The summed E-state index contributed by atoms with van der Waals surface area (Å²) in [7, 11) is 0. The number of ether oxygens (including phenoxy) is 2. The van der Waals surface area contributed by atoms with Crippen LogP contribution in [-0.2, 0) is 23.9 Å². The molecule has 1 aliphatic heterocycles. The van der Waals surface area contributed by atoms with Crippen LogP contribution in [0.3, 0.4) is 0 Å². The Morgan fingerprint density at radius 2 is 1.64 bits per heavy atom. The number of hydrogen-bond donors (Lipinski definition) is 2. The lowest BCUT2D eigenvalue weighted by atomic mass is 10.1. The Morgan fingerprint density at radius 1 is 1.03 bits per heavy atom. The van der Waals surface area contributed by atoms with Gasteiger partial charge < -0.3 is 25.4 Å². The van der Waals surface area contributed by atoms with Crippen molar-refractivity contribution in [1.29, 1.82) is 0 Å². The van der Waals surface area contributed by atoms with E-state index in [1.165, 1.54) is 30.6 Å². The first-order chi connectivity index (χ1) is 17.0. The fourth-order valence-electron chi connectivity index (χ4n) is 3.27. The highest BCUT2D eigenvalue weighted by Gasteiger charge is 2.32. The van der Waals surface area contributed by atoms with Gasteiger partial charge in [0.15, 0.2) is 0 Å². The maximum absolute atomic E-state index is 11.9. The number of carbonyl (C=O) groups excluding carboxylic acids is 4. The molecule has 9 heteroatoms. The van der Waals surface area contributed by atoms with E-state index in [1.807, 2.05) is 20.8 Å². The van der Waals surface area contributed by atoms with Crippen LogP contribution in [0.5, 0.6) is 0 Å². The molecule has 0 aromatic carbocycles. The highest BCUT2D eigenvalue weighted by molar-refractivity contribution is 5.89. The first kappa shape index (κ1) is 35.6. The van der Waals surface area contributed by atoms with Crippen LogP contribution in [0.25, 0.3) is 0 Å². The van der Waals surface area contributed by atoms with E-state index in [-0.39, 0.29) is 18.4 Å². The van der Waals surface area contributed by atoms with Crippen molar-refractivity contribution in [2.24, 2.45) is 5.73 Å². The van der Waals surface area contributed by atoms with Gasteiger partial charge in [-0.2, -0.15) is 0 Å². The van der Waals surface area contributed by atoms with Gasteiger partial charge in [-0.15, -0.1) is 0 Å². The number of hydrogen-bond acceptors (Lipinski definition) is 6. The topological polar surface area (TPSA) is 128 Å². The lowest BCUT2D eigenvalue weighted by molar-refractivity contribution is -0.143. The molecule has 1 fully saturated rings. The molecule has 1 rings (SSSR count). The number of likely N-dealkylation sites (tertiary alicyclic amines) is 1. The van der Waals surface area contributed by atoms with Crippen molar-refractivity contribution in [3.63, 3.8) is 0 Å². The quantitative estimate of drug-likeness (QED) is 0.218. The maximum atomic E-state index is 11.9. The van der Waals surface area contributed by atoms with E-state index < -0.39 is 23.6 Å². The Hall–Kier alpha value is -2.58. The summed E-state index contributed by atoms with van der Waals surface area (Å²) in [4.78, 5) is 46.8. The normalized spacial score (nSPS) is 14.8. The SMILES string of the molecule is CC.CC(C)(C)OC(=O)NCC(=O)N1CCCC1C(N)=O.CCCCC/C=C\CCCC(=O)OCC. The Kier molecular flexibility index (Phi) is 21.4. The van der Waals surface area contributed by atoms with Crippen LogP contribution >= 0.6 is 0 Å². The van der Waals surface area contributed by atoms with Crippen molar-refractivity contribution in [2.75, 3.05) is 19.7 Å². The summed E-state index contributed by atoms with van der Waals surface area (Å²) in [5, 5.41) is 2.37. The van der Waals surface area contributed by atoms with Gasteiger partial charge in [0.2, 0.25) is 11.8 Å². The number of nitrogens with one attached hydrogen (secondary N) is 1. The number of rotatable bonds is 12. The summed E-state index contributed by atoms with van der Waals surface area (Å²) < 4.78 is 9.85. The summed E-state index contributed by atoms with van der Waals surface area (Å²) >= 11 is 0. The van der Waals surface area contributed by atoms with Gasteiger partial charge in [-0.25, -0.2) is 4.79 Å². The molecular formula is C27H51N3O6. The predicted octanol–water partition coefficient (Wildman–Crippen LogP) is 4.87. The number of primary amides is 1. The molecule has 1 atom stereocenters. The molecule has 36 heavy (non-hydrogen) atoms. The molecule has 1 heterocycles. The van der Waals surface area contributed by atoms with Crippen LogP contribution in [0.2, 0.25) is 0 Å². The second-order valence-corrected chi connectivity index (χ2v) is 9.17. The van der Waals surface area contributed by atoms with E-state index in [2.05, 4.69) is 24.4 Å². The molecule has 1 unspecified atom stereocenters. The zero-order valence-electron chi connectivity index (χ0n) is 23.7. The molecule has 3 N–H and O–H groups in total. The van der Waals surface area contributed by atoms with Crippen molar-refractivity contribution >= 4 is 23.9 Å². The molecule has 210 valence electrons. The molecule has 1 saturated heterocycles. The van der Waals surface area contributed by atoms with E-state index in [9.17, 15) is 19.2 Å². The molecule has 0 saturated carbocycles. The number of nitrogens with two attached hydrogens (primary N) is 1. The number of unbranched alkanes of at least 4 members (excludes halogenated alkanes) is 4. The van der Waals surface area contributed by atoms with Gasteiger partial charge in [0.05, 0.1) is 6.61 Å². The van der Waals surface area contributed by atoms with Crippen LogP contribution in [0, 0.1) is 0 Å². The largest absolute Gasteiger partial charge is 0.466 e. The van der Waals surface area contributed by atoms with Crippen molar-refractivity contribution < 1.29 is 28.7 Å². The van der Waals surface area contributed by atoms with Gasteiger partial charge in [0, 0.05) is 13.0 Å². The number of alkyl carbamates (subject to hydrolysis) is 1. The summed E-state index contributed by atoms with van der Waals surface area (Å²) in [6.45, 7) is 14.0. The fraction of sp³-hybridized carbons (Fsp3) is 0.778. The number of amides is 3. The third-order valence-electron chi connectivity index (χ3n) is 4.88. The van der Waals surface area contributed by atoms with Gasteiger partial charge in [-0.1, -0.05) is 45.8 Å². The van der Waals surface area contributed by atoms with Crippen LogP contribution in [-0.4, -0.2) is 60.1 Å². The third kappa shape index (κ3) is 19.7. The Bertz CT molecular complexity index is 658. The van der Waals surface area contributed by atoms with E-state index >= 15 is 0 Å². The molecule has 9 nitrogen and oxygen atoms in total. The summed E-state index contributed by atoms with van der Waals surface area (Å²) in [5.41, 5.74) is 4.61. The van der Waals surface area contributed by atoms with Crippen LogP contribution in [0.1, 0.15) is 106 Å². The first-order valence-electron chi connectivity index (χ1n) is 13.4. The van der Waals surface area contributed by atoms with E-state index in [1.54, 1.807) is 20.8 Å². The van der Waals surface area contributed by atoms with Crippen LogP contribution < -0.4 is 11.1 Å². The third-order valence-corrected chi connectivity index (χ3v) is 4.88. The minimum absolute atomic E-state index is 0.0723. The van der Waals surface area contributed by atoms with Gasteiger partial charge in [0.1, 0.15) is 18.2 Å². The predicted molar refractivity (Wildman–Crippen MR) is 143 cm³/mol. The minimum atomic E-state index is -0.657. The molecule has 0 aromatic heterocycles. The van der Waals surface area contributed by atoms with Gasteiger partial charge >= 0.3 is 12.1 Å². The van der Waals surface area contributed by atoms with Crippen molar-refractivity contribution in [3.8, 4) is 0 Å². The van der Waals surface area contributed by atoms with Crippen molar-refractivity contribution in [3.05, 3.63) is 12.2 Å². The monoisotopic (exact) mass is 513 g/mol. The number of allylic oxidation sites excluding steroid dienone is 2. The highest BCUT2D eigenvalue weighted by atomic mass is 16.6. The van der Waals surface area contributed by atoms with Crippen LogP contribution in [0.4, 0.5) is 4.79 Å². The molecule has 0 bridgehead atoms. The zero-order chi connectivity index (χ0) is 28.0. The van der Waals surface area contributed by atoms with Crippen molar-refractivity contribution in [2.45, 2.75) is 118 Å². The Morgan fingerprint density at radius 3 is 2.17 bits per heavy atom. The summed E-state index contributed by atoms with van der Waals surface area (Å²) in [5.74, 6) is -0.910. The van der Waals surface area contributed by atoms with Gasteiger partial charge in [0.25, 0.3) is 0 Å². The standard InChI is InChI=1S/C13H24O2.C12H21N3O4.C2H6/c1-3-5-6-7-8-9-10-11-12-13(14)15-4-2;1-12(2,3)19-11(18)14-7-9(16)15-6-4-5-8(15)10(13)17;1-2/h8-9H,3-7,10-12H2,1-2H3;8H,4-7H2,1-3H3,(H2,13,17)(H,14,18);1-2H3/b9-8-;;. The smallest absolute Gasteiger partial charge is 0.408 e. The molecule has 0 radical (unpaired) electrons. The molecule has 0 aliphatic carbocycles. The summed E-state index contributed by atoms with van der Waals surface area (Å²) in [6, 6.07) is -0.562. The van der Waals surface area contributed by atoms with E-state index in [0.717, 1.165) is 19.3 Å². The fourth-order valence-corrected chi connectivity index (χ4v) is 3.27. The second kappa shape index (κ2) is 21.7. The first-order valence-corrected chi connectivity index (χ1v) is 13.4. The average molecular weight is 514 g/mol. The lowest BCUT2D eigenvalue weighted by Crippen LogP contribution is -2.48. The van der Waals surface area contributed by atoms with Gasteiger partial charge in [-0.3, -0.25) is 14.4 Å². The number of nitrogens with zero attached hydrogens (tertiary/aromatic N) is 1. The second-order valence-electron chi connectivity index (χ2n) is 9.17. The molecule has 0 aromatic rings. The average Bonchev–Trinajstić information content (AvgIpc) is 3.31. The lowest BCUT2D eigenvalue weighted by Gasteiger charge is -2.23. The number of carbonyl (C=O) groups is 4. The van der Waals surface area contributed by atoms with E-state index in [4.69, 9.17) is 15.2 Å². The molecular weight excluding hydrogens is 462 g/mol. The Balaban J connectivity index is 0. The number of esters is 1. The maximum Gasteiger partial charge on any atom is 0.408 e. The molecule has 1 aliphatic rings. The van der Waals surface area contributed by atoms with Crippen LogP contribution in [0.15, 0.2) is 12.2 Å². The molecule has 3 amide bonds. The summed E-state index contributed by atoms with van der Waals surface area (Å²) in [6.07, 6.45) is 12.5. The van der Waals surface area contributed by atoms with Crippen molar-refractivity contribution in [1.82, 2.24) is 10.2 Å². The van der Waals surface area contributed by atoms with Gasteiger partial charge in [-0.05, 0) is 66.2 Å². The highest BCUT2D eigenvalue weighted by Crippen LogP contribution is 2.16. The zero-order valence-corrected chi connectivity index (χ0v) is 23.7. The minimum Gasteiger partial charge on any atom is -0.466 e. The molecule has 0 spiro atoms.